The van der Waals surface area contributed by atoms with Crippen LogP contribution in [0, 0.1) is 0 Å². The van der Waals surface area contributed by atoms with Crippen LogP contribution in [0.4, 0.5) is 0 Å². The largest absolute Gasteiger partial charge is 0.497 e. The monoisotopic (exact) mass is 541 g/mol. The van der Waals surface area contributed by atoms with Crippen molar-refractivity contribution in [3.63, 3.8) is 0 Å². The number of halogens is 1. The molecule has 2 heterocycles. The maximum atomic E-state index is 5.52. The van der Waals surface area contributed by atoms with E-state index < -0.39 is 0 Å². The van der Waals surface area contributed by atoms with E-state index >= 15 is 0 Å². The maximum absolute atomic E-state index is 5.52. The van der Waals surface area contributed by atoms with Crippen molar-refractivity contribution in [3.05, 3.63) is 47.7 Å². The number of aliphatic imine (C=N–C) groups is 1. The zero-order valence-electron chi connectivity index (χ0n) is 18.6. The lowest BCUT2D eigenvalue weighted by Crippen LogP contribution is -2.52. The van der Waals surface area contributed by atoms with E-state index in [4.69, 9.17) is 14.2 Å². The number of rotatable bonds is 7. The molecule has 0 atom stereocenters. The number of hydrogen-bond donors (Lipinski definition) is 1. The van der Waals surface area contributed by atoms with Crippen LogP contribution >= 0.6 is 24.0 Å². The highest BCUT2D eigenvalue weighted by molar-refractivity contribution is 14.0. The first-order chi connectivity index (χ1) is 14.7. The number of benzene rings is 1. The van der Waals surface area contributed by atoms with E-state index in [1.54, 1.807) is 27.5 Å². The lowest BCUT2D eigenvalue weighted by Gasteiger charge is -2.36. The minimum Gasteiger partial charge on any atom is -0.497 e. The second-order valence-corrected chi connectivity index (χ2v) is 7.05. The van der Waals surface area contributed by atoms with Crippen LogP contribution in [0.15, 0.2) is 41.5 Å². The van der Waals surface area contributed by atoms with E-state index in [1.165, 1.54) is 0 Å². The summed E-state index contributed by atoms with van der Waals surface area (Å²) >= 11 is 0. The van der Waals surface area contributed by atoms with E-state index in [1.807, 2.05) is 31.3 Å². The highest BCUT2D eigenvalue weighted by atomic mass is 127. The fraction of sp³-hybridized carbons (Fsp3) is 0.455. The zero-order chi connectivity index (χ0) is 21.3. The van der Waals surface area contributed by atoms with Gasteiger partial charge in [0.1, 0.15) is 11.5 Å². The average molecular weight is 541 g/mol. The number of hydrogen-bond acceptors (Lipinski definition) is 6. The smallest absolute Gasteiger partial charge is 0.213 e. The van der Waals surface area contributed by atoms with Crippen molar-refractivity contribution in [2.24, 2.45) is 4.99 Å². The van der Waals surface area contributed by atoms with Gasteiger partial charge in [0.05, 0.1) is 21.3 Å². The Morgan fingerprint density at radius 2 is 1.81 bits per heavy atom. The Hall–Kier alpha value is -2.27. The molecule has 1 aliphatic heterocycles. The third-order valence-corrected chi connectivity index (χ3v) is 5.22. The van der Waals surface area contributed by atoms with Gasteiger partial charge in [-0.15, -0.1) is 24.0 Å². The molecule has 1 aromatic carbocycles. The molecule has 0 aliphatic carbocycles. The molecule has 31 heavy (non-hydrogen) atoms. The highest BCUT2D eigenvalue weighted by Gasteiger charge is 2.21. The summed E-state index contributed by atoms with van der Waals surface area (Å²) in [5.41, 5.74) is 2.24. The number of aromatic nitrogens is 1. The number of nitrogens with one attached hydrogen (secondary N) is 1. The van der Waals surface area contributed by atoms with Crippen LogP contribution in [-0.2, 0) is 13.1 Å². The molecule has 3 rings (SSSR count). The minimum absolute atomic E-state index is 0. The van der Waals surface area contributed by atoms with E-state index in [-0.39, 0.29) is 24.0 Å². The van der Waals surface area contributed by atoms with Gasteiger partial charge in [-0.3, -0.25) is 9.89 Å². The first kappa shape index (κ1) is 25.0. The summed E-state index contributed by atoms with van der Waals surface area (Å²) in [5.74, 6) is 3.26. The van der Waals surface area contributed by atoms with E-state index in [0.29, 0.717) is 12.4 Å². The topological polar surface area (TPSA) is 71.5 Å². The first-order valence-corrected chi connectivity index (χ1v) is 10.0. The molecule has 8 nitrogen and oxygen atoms in total. The molecular formula is C22H32IN5O3. The van der Waals surface area contributed by atoms with E-state index in [0.717, 1.165) is 61.3 Å². The molecule has 1 fully saturated rings. The van der Waals surface area contributed by atoms with Gasteiger partial charge in [0, 0.05) is 64.1 Å². The Labute approximate surface area is 201 Å². The molecule has 170 valence electrons. The predicted octanol–water partition coefficient (Wildman–Crippen LogP) is 2.62. The van der Waals surface area contributed by atoms with Gasteiger partial charge >= 0.3 is 0 Å². The van der Waals surface area contributed by atoms with Gasteiger partial charge in [-0.1, -0.05) is 0 Å². The Morgan fingerprint density at radius 3 is 2.45 bits per heavy atom. The zero-order valence-corrected chi connectivity index (χ0v) is 21.0. The number of pyridine rings is 1. The van der Waals surface area contributed by atoms with E-state index in [9.17, 15) is 0 Å². The summed E-state index contributed by atoms with van der Waals surface area (Å²) in [5, 5.41) is 3.44. The molecule has 1 aromatic heterocycles. The minimum atomic E-state index is 0. The van der Waals surface area contributed by atoms with Gasteiger partial charge in [0.25, 0.3) is 0 Å². The van der Waals surface area contributed by atoms with Crippen LogP contribution in [0.25, 0.3) is 0 Å². The molecule has 2 aromatic rings. The van der Waals surface area contributed by atoms with Crippen LogP contribution in [-0.4, -0.2) is 75.3 Å². The average Bonchev–Trinajstić information content (AvgIpc) is 2.80. The van der Waals surface area contributed by atoms with Gasteiger partial charge in [-0.25, -0.2) is 4.98 Å². The Kier molecular flexibility index (Phi) is 10.1. The second-order valence-electron chi connectivity index (χ2n) is 7.05. The fourth-order valence-electron chi connectivity index (χ4n) is 3.55. The number of ether oxygens (including phenoxy) is 3. The molecule has 0 bridgehead atoms. The molecule has 9 heteroatoms. The number of methoxy groups -OCH3 is 3. The van der Waals surface area contributed by atoms with E-state index in [2.05, 4.69) is 31.2 Å². The first-order valence-electron chi connectivity index (χ1n) is 10.0. The van der Waals surface area contributed by atoms with Crippen molar-refractivity contribution in [2.75, 3.05) is 54.6 Å². The predicted molar refractivity (Wildman–Crippen MR) is 133 cm³/mol. The lowest BCUT2D eigenvalue weighted by atomic mass is 10.1. The van der Waals surface area contributed by atoms with Crippen molar-refractivity contribution in [2.45, 2.75) is 13.1 Å². The van der Waals surface area contributed by atoms with Gasteiger partial charge in [-0.2, -0.15) is 0 Å². The van der Waals surface area contributed by atoms with Crippen LogP contribution < -0.4 is 19.5 Å². The summed E-state index contributed by atoms with van der Waals surface area (Å²) in [4.78, 5) is 13.3. The Morgan fingerprint density at radius 1 is 1.03 bits per heavy atom. The van der Waals surface area contributed by atoms with Crippen molar-refractivity contribution in [1.82, 2.24) is 20.1 Å². The third-order valence-electron chi connectivity index (χ3n) is 5.22. The highest BCUT2D eigenvalue weighted by Crippen LogP contribution is 2.25. The van der Waals surface area contributed by atoms with Crippen LogP contribution in [0.2, 0.25) is 0 Å². The molecule has 1 aliphatic rings. The molecule has 0 saturated carbocycles. The summed E-state index contributed by atoms with van der Waals surface area (Å²) in [6.07, 6.45) is 1.75. The Balaban J connectivity index is 0.00000341. The lowest BCUT2D eigenvalue weighted by molar-refractivity contribution is 0.171. The maximum Gasteiger partial charge on any atom is 0.213 e. The Bertz CT molecular complexity index is 857. The third kappa shape index (κ3) is 6.86. The number of guanidine groups is 1. The van der Waals surface area contributed by atoms with Crippen LogP contribution in [0.5, 0.6) is 17.4 Å². The van der Waals surface area contributed by atoms with Gasteiger partial charge < -0.3 is 24.4 Å². The number of nitrogens with zero attached hydrogens (tertiary/aromatic N) is 4. The molecule has 0 spiro atoms. The van der Waals surface area contributed by atoms with Gasteiger partial charge in [-0.05, 0) is 29.8 Å². The quantitative estimate of drug-likeness (QED) is 0.329. The van der Waals surface area contributed by atoms with Crippen molar-refractivity contribution >= 4 is 29.9 Å². The second kappa shape index (κ2) is 12.6. The van der Waals surface area contributed by atoms with Crippen molar-refractivity contribution in [1.29, 1.82) is 0 Å². The normalized spacial score (nSPS) is 14.6. The summed E-state index contributed by atoms with van der Waals surface area (Å²) < 4.78 is 16.1. The number of piperazine rings is 1. The SMILES string of the molecule is CN=C(NCc1ccnc(OC)c1)N1CCN(Cc2cc(OC)ccc2OC)CC1.I. The molecular weight excluding hydrogens is 509 g/mol. The molecule has 0 amide bonds. The van der Waals surface area contributed by atoms with Crippen molar-refractivity contribution in [3.8, 4) is 17.4 Å². The standard InChI is InChI=1S/C22H31N5O3.HI/c1-23-22(25-15-17-7-8-24-21(13-17)30-4)27-11-9-26(10-12-27)16-18-14-19(28-2)5-6-20(18)29-3;/h5-8,13-14H,9-12,15-16H2,1-4H3,(H,23,25);1H. The molecule has 0 radical (unpaired) electrons. The summed E-state index contributed by atoms with van der Waals surface area (Å²) in [6.45, 7) is 5.22. The molecule has 1 N–H and O–H groups in total. The molecule has 0 unspecified atom stereocenters. The van der Waals surface area contributed by atoms with Crippen LogP contribution in [0.1, 0.15) is 11.1 Å². The van der Waals surface area contributed by atoms with Gasteiger partial charge in [0.2, 0.25) is 5.88 Å². The molecule has 1 saturated heterocycles. The summed E-state index contributed by atoms with van der Waals surface area (Å²) in [6, 6.07) is 9.84. The van der Waals surface area contributed by atoms with Crippen molar-refractivity contribution < 1.29 is 14.2 Å². The summed E-state index contributed by atoms with van der Waals surface area (Å²) in [7, 11) is 6.84. The van der Waals surface area contributed by atoms with Gasteiger partial charge in [0.15, 0.2) is 5.96 Å². The fourth-order valence-corrected chi connectivity index (χ4v) is 3.55. The van der Waals surface area contributed by atoms with Crippen LogP contribution in [0.3, 0.4) is 0 Å².